The summed E-state index contributed by atoms with van der Waals surface area (Å²) in [5.74, 6) is 0. The second kappa shape index (κ2) is 3.87. The summed E-state index contributed by atoms with van der Waals surface area (Å²) in [6.07, 6.45) is 4.56. The molecule has 0 aliphatic rings. The van der Waals surface area contributed by atoms with Crippen LogP contribution in [0.4, 0.5) is 0 Å². The van der Waals surface area contributed by atoms with Gasteiger partial charge in [0.15, 0.2) is 0 Å². The second-order valence-corrected chi connectivity index (χ2v) is 3.90. The summed E-state index contributed by atoms with van der Waals surface area (Å²) in [7, 11) is 0. The molecule has 0 amide bonds. The molecule has 0 spiro atoms. The van der Waals surface area contributed by atoms with E-state index >= 15 is 0 Å². The van der Waals surface area contributed by atoms with Crippen LogP contribution in [0, 0.1) is 0 Å². The first-order valence-corrected chi connectivity index (χ1v) is 5.00. The number of fused-ring (bicyclic) bond motifs is 1. The largest absolute Gasteiger partial charge is 0.324 e. The number of pyridine rings is 1. The summed E-state index contributed by atoms with van der Waals surface area (Å²) in [5, 5.41) is 4.25. The Morgan fingerprint density at radius 2 is 2.40 bits per heavy atom. The highest BCUT2D eigenvalue weighted by molar-refractivity contribution is 5.54. The SMILES string of the molecule is C=C(C)CC(N)c1cnn2ccccc12. The van der Waals surface area contributed by atoms with E-state index in [9.17, 15) is 0 Å². The Hall–Kier alpha value is -1.61. The summed E-state index contributed by atoms with van der Waals surface area (Å²) in [6, 6.07) is 5.96. The Kier molecular flexibility index (Phi) is 2.56. The summed E-state index contributed by atoms with van der Waals surface area (Å²) < 4.78 is 1.84. The van der Waals surface area contributed by atoms with Crippen molar-refractivity contribution in [2.24, 2.45) is 5.73 Å². The molecule has 0 saturated heterocycles. The minimum absolute atomic E-state index is 0.0117. The molecule has 0 saturated carbocycles. The molecule has 0 aliphatic carbocycles. The molecule has 15 heavy (non-hydrogen) atoms. The zero-order valence-corrected chi connectivity index (χ0v) is 8.85. The molecular weight excluding hydrogens is 186 g/mol. The summed E-state index contributed by atoms with van der Waals surface area (Å²) >= 11 is 0. The molecule has 3 nitrogen and oxygen atoms in total. The van der Waals surface area contributed by atoms with Crippen molar-refractivity contribution in [3.8, 4) is 0 Å². The maximum atomic E-state index is 6.09. The molecule has 0 bridgehead atoms. The fourth-order valence-electron chi connectivity index (χ4n) is 1.73. The first-order valence-electron chi connectivity index (χ1n) is 5.00. The fraction of sp³-hybridized carbons (Fsp3) is 0.250. The number of rotatable bonds is 3. The predicted octanol–water partition coefficient (Wildman–Crippen LogP) is 2.30. The number of hydrogen-bond acceptors (Lipinski definition) is 2. The van der Waals surface area contributed by atoms with Crippen molar-refractivity contribution in [3.63, 3.8) is 0 Å². The normalized spacial score (nSPS) is 12.9. The third kappa shape index (κ3) is 1.92. The van der Waals surface area contributed by atoms with Crippen molar-refractivity contribution in [3.05, 3.63) is 48.3 Å². The lowest BCUT2D eigenvalue weighted by Gasteiger charge is -2.09. The summed E-state index contributed by atoms with van der Waals surface area (Å²) in [4.78, 5) is 0. The topological polar surface area (TPSA) is 43.3 Å². The highest BCUT2D eigenvalue weighted by atomic mass is 15.2. The van der Waals surface area contributed by atoms with E-state index in [1.807, 2.05) is 42.0 Å². The molecule has 2 rings (SSSR count). The molecule has 0 radical (unpaired) electrons. The molecule has 3 heteroatoms. The second-order valence-electron chi connectivity index (χ2n) is 3.90. The van der Waals surface area contributed by atoms with Crippen molar-refractivity contribution in [2.75, 3.05) is 0 Å². The molecule has 1 unspecified atom stereocenters. The Balaban J connectivity index is 2.39. The van der Waals surface area contributed by atoms with Gasteiger partial charge in [-0.3, -0.25) is 0 Å². The molecule has 1 atom stereocenters. The van der Waals surface area contributed by atoms with Crippen LogP contribution in [0.15, 0.2) is 42.7 Å². The van der Waals surface area contributed by atoms with Gasteiger partial charge < -0.3 is 5.73 Å². The van der Waals surface area contributed by atoms with Crippen molar-refractivity contribution in [2.45, 2.75) is 19.4 Å². The smallest absolute Gasteiger partial charge is 0.0709 e. The lowest BCUT2D eigenvalue weighted by atomic mass is 10.0. The molecule has 0 fully saturated rings. The van der Waals surface area contributed by atoms with E-state index in [0.29, 0.717) is 0 Å². The van der Waals surface area contributed by atoms with Crippen LogP contribution in [0.2, 0.25) is 0 Å². The van der Waals surface area contributed by atoms with Crippen LogP contribution in [-0.2, 0) is 0 Å². The Bertz CT molecular complexity index is 484. The van der Waals surface area contributed by atoms with Gasteiger partial charge in [-0.15, -0.1) is 6.58 Å². The molecule has 2 aromatic rings. The van der Waals surface area contributed by atoms with Gasteiger partial charge >= 0.3 is 0 Å². The molecular formula is C12H15N3. The number of nitrogens with zero attached hydrogens (tertiary/aromatic N) is 2. The van der Waals surface area contributed by atoms with Gasteiger partial charge in [-0.1, -0.05) is 11.6 Å². The fourth-order valence-corrected chi connectivity index (χ4v) is 1.73. The van der Waals surface area contributed by atoms with E-state index in [1.165, 1.54) is 0 Å². The van der Waals surface area contributed by atoms with E-state index < -0.39 is 0 Å². The predicted molar refractivity (Wildman–Crippen MR) is 61.6 cm³/mol. The average molecular weight is 201 g/mol. The first kappa shape index (κ1) is 9.93. The van der Waals surface area contributed by atoms with E-state index in [1.54, 1.807) is 0 Å². The Morgan fingerprint density at radius 3 is 3.13 bits per heavy atom. The van der Waals surface area contributed by atoms with Gasteiger partial charge in [0.2, 0.25) is 0 Å². The standard InChI is InChI=1S/C12H15N3/c1-9(2)7-11(13)10-8-14-15-6-4-3-5-12(10)15/h3-6,8,11H,1,7,13H2,2H3. The highest BCUT2D eigenvalue weighted by Gasteiger charge is 2.11. The van der Waals surface area contributed by atoms with Crippen molar-refractivity contribution >= 4 is 5.52 Å². The van der Waals surface area contributed by atoms with Crippen molar-refractivity contribution < 1.29 is 0 Å². The van der Waals surface area contributed by atoms with E-state index in [0.717, 1.165) is 23.1 Å². The number of nitrogens with two attached hydrogens (primary N) is 1. The maximum absolute atomic E-state index is 6.09. The zero-order valence-electron chi connectivity index (χ0n) is 8.85. The molecule has 0 aliphatic heterocycles. The van der Waals surface area contributed by atoms with Gasteiger partial charge in [0.05, 0.1) is 11.7 Å². The molecule has 2 aromatic heterocycles. The molecule has 78 valence electrons. The molecule has 2 N–H and O–H groups in total. The van der Waals surface area contributed by atoms with Crippen molar-refractivity contribution in [1.82, 2.24) is 9.61 Å². The van der Waals surface area contributed by atoms with Crippen LogP contribution in [0.1, 0.15) is 24.9 Å². The first-order chi connectivity index (χ1) is 7.18. The van der Waals surface area contributed by atoms with Crippen LogP contribution in [0.25, 0.3) is 5.52 Å². The lowest BCUT2D eigenvalue weighted by Crippen LogP contribution is -2.09. The highest BCUT2D eigenvalue weighted by Crippen LogP contribution is 2.21. The van der Waals surface area contributed by atoms with Gasteiger partial charge in [-0.05, 0) is 25.5 Å². The minimum atomic E-state index is -0.0117. The quantitative estimate of drug-likeness (QED) is 0.774. The third-order valence-corrected chi connectivity index (χ3v) is 2.42. The number of aromatic nitrogens is 2. The Morgan fingerprint density at radius 1 is 1.60 bits per heavy atom. The van der Waals surface area contributed by atoms with Crippen LogP contribution in [0.3, 0.4) is 0 Å². The average Bonchev–Trinajstić information content (AvgIpc) is 2.59. The van der Waals surface area contributed by atoms with Crippen LogP contribution in [0.5, 0.6) is 0 Å². The van der Waals surface area contributed by atoms with E-state index in [-0.39, 0.29) is 6.04 Å². The Labute approximate surface area is 89.2 Å². The monoisotopic (exact) mass is 201 g/mol. The van der Waals surface area contributed by atoms with E-state index in [4.69, 9.17) is 5.73 Å². The van der Waals surface area contributed by atoms with Crippen molar-refractivity contribution in [1.29, 1.82) is 0 Å². The molecule has 2 heterocycles. The molecule has 0 aromatic carbocycles. The van der Waals surface area contributed by atoms with Gasteiger partial charge in [-0.25, -0.2) is 4.52 Å². The lowest BCUT2D eigenvalue weighted by molar-refractivity contribution is 0.723. The van der Waals surface area contributed by atoms with Gasteiger partial charge in [0, 0.05) is 17.8 Å². The van der Waals surface area contributed by atoms with Crippen LogP contribution < -0.4 is 5.73 Å². The van der Waals surface area contributed by atoms with Crippen LogP contribution >= 0.6 is 0 Å². The zero-order chi connectivity index (χ0) is 10.8. The van der Waals surface area contributed by atoms with Gasteiger partial charge in [0.1, 0.15) is 0 Å². The third-order valence-electron chi connectivity index (χ3n) is 2.42. The van der Waals surface area contributed by atoms with Gasteiger partial charge in [0.25, 0.3) is 0 Å². The maximum Gasteiger partial charge on any atom is 0.0709 e. The summed E-state index contributed by atoms with van der Waals surface area (Å²) in [6.45, 7) is 5.87. The number of hydrogen-bond donors (Lipinski definition) is 1. The summed E-state index contributed by atoms with van der Waals surface area (Å²) in [5.41, 5.74) is 9.34. The van der Waals surface area contributed by atoms with E-state index in [2.05, 4.69) is 11.7 Å². The minimum Gasteiger partial charge on any atom is -0.324 e. The van der Waals surface area contributed by atoms with Gasteiger partial charge in [-0.2, -0.15) is 5.10 Å². The van der Waals surface area contributed by atoms with Crippen LogP contribution in [-0.4, -0.2) is 9.61 Å².